The van der Waals surface area contributed by atoms with Crippen molar-refractivity contribution in [1.29, 1.82) is 0 Å². The lowest BCUT2D eigenvalue weighted by Gasteiger charge is -2.20. The Morgan fingerprint density at radius 3 is 2.68 bits per heavy atom. The molecule has 0 saturated heterocycles. The molecule has 1 rings (SSSR count). The Bertz CT molecular complexity index is 435. The molecule has 0 spiro atoms. The summed E-state index contributed by atoms with van der Waals surface area (Å²) in [6.07, 6.45) is 2.24. The molecule has 0 bridgehead atoms. The van der Waals surface area contributed by atoms with Gasteiger partial charge in [-0.3, -0.25) is 4.90 Å². The molecule has 3 N–H and O–H groups in total. The van der Waals surface area contributed by atoms with Crippen molar-refractivity contribution in [3.63, 3.8) is 0 Å². The van der Waals surface area contributed by atoms with Crippen LogP contribution < -0.4 is 5.73 Å². The van der Waals surface area contributed by atoms with Gasteiger partial charge < -0.3 is 10.9 Å². The average Bonchev–Trinajstić information content (AvgIpc) is 2.44. The van der Waals surface area contributed by atoms with E-state index in [-0.39, 0.29) is 11.7 Å². The third-order valence-electron chi connectivity index (χ3n) is 3.13. The second kappa shape index (κ2) is 7.74. The maximum Gasteiger partial charge on any atom is 0.170 e. The van der Waals surface area contributed by atoms with Crippen LogP contribution in [0.3, 0.4) is 0 Å². The van der Waals surface area contributed by atoms with Crippen LogP contribution in [0, 0.1) is 5.82 Å². The molecule has 5 heteroatoms. The molecule has 0 aliphatic rings. The summed E-state index contributed by atoms with van der Waals surface area (Å²) in [5.41, 5.74) is 6.45. The SMILES string of the molecule is CCCCN(CC)Cc1ccc(/C(N)=N/O)cc1F. The average molecular weight is 267 g/mol. The van der Waals surface area contributed by atoms with E-state index in [2.05, 4.69) is 23.9 Å². The predicted octanol–water partition coefficient (Wildman–Crippen LogP) is 2.54. The minimum atomic E-state index is -0.320. The first kappa shape index (κ1) is 15.4. The molecular formula is C14H22FN3O. The number of hydrogen-bond donors (Lipinski definition) is 2. The quantitative estimate of drug-likeness (QED) is 0.345. The van der Waals surface area contributed by atoms with E-state index in [1.807, 2.05) is 0 Å². The van der Waals surface area contributed by atoms with E-state index in [4.69, 9.17) is 10.9 Å². The zero-order valence-corrected chi connectivity index (χ0v) is 11.6. The van der Waals surface area contributed by atoms with Crippen molar-refractivity contribution in [2.45, 2.75) is 33.2 Å². The van der Waals surface area contributed by atoms with Crippen molar-refractivity contribution in [1.82, 2.24) is 4.90 Å². The monoisotopic (exact) mass is 267 g/mol. The van der Waals surface area contributed by atoms with Gasteiger partial charge in [0.1, 0.15) is 5.82 Å². The van der Waals surface area contributed by atoms with Gasteiger partial charge in [0, 0.05) is 17.7 Å². The van der Waals surface area contributed by atoms with Crippen LogP contribution >= 0.6 is 0 Å². The van der Waals surface area contributed by atoms with Crippen molar-refractivity contribution in [3.8, 4) is 0 Å². The highest BCUT2D eigenvalue weighted by Gasteiger charge is 2.09. The molecule has 0 amide bonds. The lowest BCUT2D eigenvalue weighted by atomic mass is 10.1. The fourth-order valence-corrected chi connectivity index (χ4v) is 1.86. The zero-order chi connectivity index (χ0) is 14.3. The van der Waals surface area contributed by atoms with Crippen molar-refractivity contribution >= 4 is 5.84 Å². The van der Waals surface area contributed by atoms with Crippen molar-refractivity contribution in [2.75, 3.05) is 13.1 Å². The number of benzene rings is 1. The zero-order valence-electron chi connectivity index (χ0n) is 11.6. The second-order valence-corrected chi connectivity index (χ2v) is 4.51. The number of rotatable bonds is 7. The molecule has 106 valence electrons. The molecule has 0 aromatic heterocycles. The van der Waals surface area contributed by atoms with Gasteiger partial charge in [-0.25, -0.2) is 4.39 Å². The Morgan fingerprint density at radius 2 is 2.16 bits per heavy atom. The van der Waals surface area contributed by atoms with Gasteiger partial charge in [-0.2, -0.15) is 0 Å². The van der Waals surface area contributed by atoms with Crippen molar-refractivity contribution in [2.24, 2.45) is 10.9 Å². The highest BCUT2D eigenvalue weighted by molar-refractivity contribution is 5.97. The molecule has 1 aromatic carbocycles. The molecule has 0 atom stereocenters. The summed E-state index contributed by atoms with van der Waals surface area (Å²) in [5, 5.41) is 11.4. The van der Waals surface area contributed by atoms with Crippen LogP contribution in [0.5, 0.6) is 0 Å². The number of unbranched alkanes of at least 4 members (excludes halogenated alkanes) is 1. The van der Waals surface area contributed by atoms with Crippen LogP contribution in [0.1, 0.15) is 37.8 Å². The highest BCUT2D eigenvalue weighted by atomic mass is 19.1. The first-order valence-corrected chi connectivity index (χ1v) is 6.61. The molecule has 0 unspecified atom stereocenters. The van der Waals surface area contributed by atoms with Crippen molar-refractivity contribution < 1.29 is 9.60 Å². The molecule has 0 aliphatic heterocycles. The van der Waals surface area contributed by atoms with E-state index in [9.17, 15) is 4.39 Å². The minimum absolute atomic E-state index is 0.0798. The van der Waals surface area contributed by atoms with Crippen LogP contribution in [0.2, 0.25) is 0 Å². The second-order valence-electron chi connectivity index (χ2n) is 4.51. The lowest BCUT2D eigenvalue weighted by molar-refractivity contribution is 0.271. The third kappa shape index (κ3) is 4.52. The summed E-state index contributed by atoms with van der Waals surface area (Å²) in [5.74, 6) is -0.400. The van der Waals surface area contributed by atoms with Gasteiger partial charge in [0.25, 0.3) is 0 Å². The van der Waals surface area contributed by atoms with Crippen LogP contribution in [-0.4, -0.2) is 29.0 Å². The summed E-state index contributed by atoms with van der Waals surface area (Å²) in [4.78, 5) is 2.20. The Kier molecular flexibility index (Phi) is 6.29. The number of hydrogen-bond acceptors (Lipinski definition) is 3. The van der Waals surface area contributed by atoms with Crippen molar-refractivity contribution in [3.05, 3.63) is 35.1 Å². The molecular weight excluding hydrogens is 245 g/mol. The molecule has 0 aliphatic carbocycles. The number of nitrogens with two attached hydrogens (primary N) is 1. The van der Waals surface area contributed by atoms with Crippen LogP contribution in [0.15, 0.2) is 23.4 Å². The van der Waals surface area contributed by atoms with Gasteiger partial charge in [0.15, 0.2) is 5.84 Å². The number of halogens is 1. The Hall–Kier alpha value is -1.62. The summed E-state index contributed by atoms with van der Waals surface area (Å²) in [7, 11) is 0. The summed E-state index contributed by atoms with van der Waals surface area (Å²) in [6.45, 7) is 6.65. The lowest BCUT2D eigenvalue weighted by Crippen LogP contribution is -2.24. The van der Waals surface area contributed by atoms with E-state index in [0.717, 1.165) is 25.9 Å². The normalized spacial score (nSPS) is 12.1. The smallest absolute Gasteiger partial charge is 0.170 e. The third-order valence-corrected chi connectivity index (χ3v) is 3.13. The van der Waals surface area contributed by atoms with Gasteiger partial charge in [-0.05, 0) is 25.6 Å². The van der Waals surface area contributed by atoms with Gasteiger partial charge in [0.05, 0.1) is 0 Å². The minimum Gasteiger partial charge on any atom is -0.409 e. The fourth-order valence-electron chi connectivity index (χ4n) is 1.86. The van der Waals surface area contributed by atoms with E-state index in [1.165, 1.54) is 6.07 Å². The van der Waals surface area contributed by atoms with Crippen LogP contribution in [0.25, 0.3) is 0 Å². The molecule has 0 fully saturated rings. The van der Waals surface area contributed by atoms with Gasteiger partial charge in [-0.15, -0.1) is 0 Å². The molecule has 19 heavy (non-hydrogen) atoms. The summed E-state index contributed by atoms with van der Waals surface area (Å²) < 4.78 is 13.9. The van der Waals surface area contributed by atoms with E-state index >= 15 is 0 Å². The van der Waals surface area contributed by atoms with E-state index in [1.54, 1.807) is 12.1 Å². The number of oxime groups is 1. The predicted molar refractivity (Wildman–Crippen MR) is 74.8 cm³/mol. The highest BCUT2D eigenvalue weighted by Crippen LogP contribution is 2.13. The largest absolute Gasteiger partial charge is 0.409 e. The maximum atomic E-state index is 13.9. The summed E-state index contributed by atoms with van der Waals surface area (Å²) in [6, 6.07) is 4.66. The summed E-state index contributed by atoms with van der Waals surface area (Å²) >= 11 is 0. The standard InChI is InChI=1S/C14H22FN3O/c1-3-5-8-18(4-2)10-12-7-6-11(9-13(12)15)14(16)17-19/h6-7,9,19H,3-5,8,10H2,1-2H3,(H2,16,17). The first-order chi connectivity index (χ1) is 9.12. The van der Waals surface area contributed by atoms with Gasteiger partial charge >= 0.3 is 0 Å². The number of amidine groups is 1. The van der Waals surface area contributed by atoms with Crippen LogP contribution in [0.4, 0.5) is 4.39 Å². The van der Waals surface area contributed by atoms with E-state index < -0.39 is 0 Å². The van der Waals surface area contributed by atoms with E-state index in [0.29, 0.717) is 17.7 Å². The van der Waals surface area contributed by atoms with Gasteiger partial charge in [0.2, 0.25) is 0 Å². The van der Waals surface area contributed by atoms with Gasteiger partial charge in [-0.1, -0.05) is 37.6 Å². The fraction of sp³-hybridized carbons (Fsp3) is 0.500. The first-order valence-electron chi connectivity index (χ1n) is 6.61. The Balaban J connectivity index is 2.78. The molecule has 0 heterocycles. The maximum absolute atomic E-state index is 13.9. The molecule has 0 saturated carbocycles. The Labute approximate surface area is 113 Å². The molecule has 0 radical (unpaired) electrons. The van der Waals surface area contributed by atoms with Crippen LogP contribution in [-0.2, 0) is 6.54 Å². The molecule has 4 nitrogen and oxygen atoms in total. The Morgan fingerprint density at radius 1 is 1.42 bits per heavy atom. The molecule has 1 aromatic rings. The number of nitrogens with zero attached hydrogens (tertiary/aromatic N) is 2. The topological polar surface area (TPSA) is 61.8 Å².